The zero-order valence-electron chi connectivity index (χ0n) is 24.8. The standard InChI is InChI=1S/C30H36FN5O6S.2H2/c1-18(2)17-41-21-15-19(14-20(31)16-21)23-12-11-22(28(37)35-43(39,40)26-10-6-9-25(32)34-26)27(33-23)36-13-7-8-24(36)29(38)42-30(3,4)5;;/h6,9-12,14-16,18,24H,7-8,13,17H2,1-5H3,(H2,32,34)(H,35,37);2*1H/t24-;;/m1../s1. The first-order chi connectivity index (χ1) is 20.1. The molecule has 2 aromatic heterocycles. The minimum Gasteiger partial charge on any atom is -0.493 e. The summed E-state index contributed by atoms with van der Waals surface area (Å²) in [4.78, 5) is 36.8. The summed E-state index contributed by atoms with van der Waals surface area (Å²) < 4.78 is 54.0. The largest absolute Gasteiger partial charge is 0.493 e. The third-order valence-electron chi connectivity index (χ3n) is 6.32. The molecule has 4 rings (SSSR count). The van der Waals surface area contributed by atoms with Crippen molar-refractivity contribution in [2.45, 2.75) is 64.1 Å². The molecule has 0 bridgehead atoms. The van der Waals surface area contributed by atoms with E-state index < -0.39 is 44.4 Å². The van der Waals surface area contributed by atoms with E-state index in [2.05, 4.69) is 9.97 Å². The average Bonchev–Trinajstić information content (AvgIpc) is 3.40. The number of anilines is 2. The van der Waals surface area contributed by atoms with Gasteiger partial charge < -0.3 is 20.1 Å². The molecule has 1 aliphatic heterocycles. The number of nitrogens with zero attached hydrogens (tertiary/aromatic N) is 3. The first-order valence-electron chi connectivity index (χ1n) is 13.9. The van der Waals surface area contributed by atoms with Crippen LogP contribution in [-0.2, 0) is 19.6 Å². The van der Waals surface area contributed by atoms with Crippen molar-refractivity contribution in [2.75, 3.05) is 23.8 Å². The SMILES string of the molecule is CC(C)COc1cc(F)cc(-c2ccc(C(=O)NS(=O)(=O)c3cccc(N)n3)c(N3CCC[C@@H]3C(=O)OC(C)(C)C)n2)c1.[HH].[HH]. The van der Waals surface area contributed by atoms with Crippen LogP contribution < -0.4 is 20.1 Å². The molecule has 0 saturated carbocycles. The maximum Gasteiger partial charge on any atom is 0.329 e. The van der Waals surface area contributed by atoms with Crippen LogP contribution in [0.4, 0.5) is 16.0 Å². The van der Waals surface area contributed by atoms with Gasteiger partial charge in [-0.2, -0.15) is 8.42 Å². The van der Waals surface area contributed by atoms with Crippen molar-refractivity contribution in [1.29, 1.82) is 0 Å². The summed E-state index contributed by atoms with van der Waals surface area (Å²) in [6, 6.07) is 10.3. The van der Waals surface area contributed by atoms with Gasteiger partial charge >= 0.3 is 5.97 Å². The molecule has 1 atom stereocenters. The van der Waals surface area contributed by atoms with Crippen molar-refractivity contribution < 1.29 is 34.7 Å². The van der Waals surface area contributed by atoms with E-state index in [9.17, 15) is 22.4 Å². The van der Waals surface area contributed by atoms with E-state index in [1.54, 1.807) is 31.7 Å². The Labute approximate surface area is 253 Å². The van der Waals surface area contributed by atoms with Crippen LogP contribution >= 0.6 is 0 Å². The fraction of sp³-hybridized carbons (Fsp3) is 0.400. The molecule has 11 nitrogen and oxygen atoms in total. The van der Waals surface area contributed by atoms with Gasteiger partial charge in [-0.25, -0.2) is 23.9 Å². The molecule has 1 saturated heterocycles. The van der Waals surface area contributed by atoms with Crippen LogP contribution in [-0.4, -0.2) is 55.1 Å². The molecule has 3 heterocycles. The highest BCUT2D eigenvalue weighted by molar-refractivity contribution is 7.90. The second kappa shape index (κ2) is 12.5. The van der Waals surface area contributed by atoms with Gasteiger partial charge in [0.25, 0.3) is 15.9 Å². The highest BCUT2D eigenvalue weighted by atomic mass is 32.2. The Morgan fingerprint density at radius 3 is 2.58 bits per heavy atom. The van der Waals surface area contributed by atoms with Gasteiger partial charge in [0.2, 0.25) is 0 Å². The number of sulfonamides is 1. The molecule has 0 aliphatic carbocycles. The molecule has 0 radical (unpaired) electrons. The molecule has 234 valence electrons. The highest BCUT2D eigenvalue weighted by Gasteiger charge is 2.37. The van der Waals surface area contributed by atoms with E-state index in [1.807, 2.05) is 18.6 Å². The zero-order chi connectivity index (χ0) is 31.5. The quantitative estimate of drug-likeness (QED) is 0.320. The number of carbonyl (C=O) groups is 2. The van der Waals surface area contributed by atoms with Crippen molar-refractivity contribution in [3.63, 3.8) is 0 Å². The highest BCUT2D eigenvalue weighted by Crippen LogP contribution is 2.33. The van der Waals surface area contributed by atoms with E-state index in [-0.39, 0.29) is 31.7 Å². The normalized spacial score (nSPS) is 15.4. The summed E-state index contributed by atoms with van der Waals surface area (Å²) in [7, 11) is -4.41. The number of amides is 1. The molecule has 0 spiro atoms. The molecule has 1 aliphatic rings. The Balaban J connectivity index is 0.00000353. The van der Waals surface area contributed by atoms with Crippen molar-refractivity contribution in [3.8, 4) is 17.0 Å². The van der Waals surface area contributed by atoms with Gasteiger partial charge in [0, 0.05) is 21.0 Å². The monoisotopic (exact) mass is 617 g/mol. The maximum atomic E-state index is 14.6. The first kappa shape index (κ1) is 31.7. The summed E-state index contributed by atoms with van der Waals surface area (Å²) in [6.45, 7) is 9.91. The predicted octanol–water partition coefficient (Wildman–Crippen LogP) is 4.82. The molecule has 13 heteroatoms. The molecule has 1 aromatic carbocycles. The van der Waals surface area contributed by atoms with Crippen LogP contribution in [0.25, 0.3) is 11.3 Å². The molecule has 3 aromatic rings. The van der Waals surface area contributed by atoms with Crippen LogP contribution in [0.2, 0.25) is 0 Å². The van der Waals surface area contributed by atoms with Crippen LogP contribution in [0, 0.1) is 11.7 Å². The Kier molecular flexibility index (Phi) is 9.24. The van der Waals surface area contributed by atoms with E-state index >= 15 is 0 Å². The third kappa shape index (κ3) is 7.98. The van der Waals surface area contributed by atoms with Crippen LogP contribution in [0.5, 0.6) is 5.75 Å². The molecule has 1 amide bonds. The van der Waals surface area contributed by atoms with Gasteiger partial charge in [0.05, 0.1) is 17.9 Å². The number of rotatable bonds is 9. The number of halogens is 1. The average molecular weight is 618 g/mol. The number of benzene rings is 1. The predicted molar refractivity (Wildman–Crippen MR) is 164 cm³/mol. The maximum absolute atomic E-state index is 14.6. The Morgan fingerprint density at radius 1 is 1.16 bits per heavy atom. The van der Waals surface area contributed by atoms with Crippen molar-refractivity contribution in [1.82, 2.24) is 14.7 Å². The summed E-state index contributed by atoms with van der Waals surface area (Å²) in [5.74, 6) is -1.51. The van der Waals surface area contributed by atoms with Crippen molar-refractivity contribution in [3.05, 3.63) is 59.9 Å². The zero-order valence-corrected chi connectivity index (χ0v) is 25.6. The van der Waals surface area contributed by atoms with Gasteiger partial charge in [-0.05, 0) is 75.9 Å². The number of pyridine rings is 2. The lowest BCUT2D eigenvalue weighted by molar-refractivity contribution is -0.156. The van der Waals surface area contributed by atoms with Crippen LogP contribution in [0.15, 0.2) is 53.6 Å². The fourth-order valence-electron chi connectivity index (χ4n) is 4.51. The second-order valence-corrected chi connectivity index (χ2v) is 13.3. The third-order valence-corrected chi connectivity index (χ3v) is 7.55. The Bertz CT molecular complexity index is 1640. The molecular weight excluding hydrogens is 577 g/mol. The first-order valence-corrected chi connectivity index (χ1v) is 15.4. The van der Waals surface area contributed by atoms with Gasteiger partial charge in [-0.3, -0.25) is 4.79 Å². The number of ether oxygens (including phenoxy) is 2. The summed E-state index contributed by atoms with van der Waals surface area (Å²) in [6.07, 6.45) is 1.02. The lowest BCUT2D eigenvalue weighted by atomic mass is 10.1. The second-order valence-electron chi connectivity index (χ2n) is 11.7. The van der Waals surface area contributed by atoms with Crippen LogP contribution in [0.1, 0.15) is 60.7 Å². The lowest BCUT2D eigenvalue weighted by Gasteiger charge is -2.29. The number of nitrogens with one attached hydrogen (secondary N) is 1. The summed E-state index contributed by atoms with van der Waals surface area (Å²) in [5, 5.41) is -0.437. The summed E-state index contributed by atoms with van der Waals surface area (Å²) >= 11 is 0. The fourth-order valence-corrected chi connectivity index (χ4v) is 5.45. The van der Waals surface area contributed by atoms with Crippen molar-refractivity contribution >= 4 is 33.5 Å². The minimum atomic E-state index is -4.41. The Morgan fingerprint density at radius 2 is 1.91 bits per heavy atom. The lowest BCUT2D eigenvalue weighted by Crippen LogP contribution is -2.42. The van der Waals surface area contributed by atoms with E-state index in [4.69, 9.17) is 15.2 Å². The molecule has 0 unspecified atom stereocenters. The van der Waals surface area contributed by atoms with Gasteiger partial charge in [0.15, 0.2) is 5.03 Å². The van der Waals surface area contributed by atoms with Crippen molar-refractivity contribution in [2.24, 2.45) is 5.92 Å². The van der Waals surface area contributed by atoms with Gasteiger partial charge in [-0.15, -0.1) is 0 Å². The van der Waals surface area contributed by atoms with Crippen LogP contribution in [0.3, 0.4) is 0 Å². The number of carbonyl (C=O) groups excluding carboxylic acids is 2. The number of aromatic nitrogens is 2. The van der Waals surface area contributed by atoms with Gasteiger partial charge in [-0.1, -0.05) is 19.9 Å². The number of nitrogens with two attached hydrogens (primary N) is 1. The Hall–Kier alpha value is -4.26. The smallest absolute Gasteiger partial charge is 0.329 e. The topological polar surface area (TPSA) is 154 Å². The van der Waals surface area contributed by atoms with E-state index in [0.717, 1.165) is 0 Å². The number of hydrogen-bond acceptors (Lipinski definition) is 10. The molecule has 1 fully saturated rings. The van der Waals surface area contributed by atoms with E-state index in [0.29, 0.717) is 37.3 Å². The summed E-state index contributed by atoms with van der Waals surface area (Å²) in [5.41, 5.74) is 5.42. The van der Waals surface area contributed by atoms with Gasteiger partial charge in [0.1, 0.15) is 34.8 Å². The molecule has 43 heavy (non-hydrogen) atoms. The van der Waals surface area contributed by atoms with E-state index in [1.165, 1.54) is 42.5 Å². The number of esters is 1. The minimum absolute atomic E-state index is 0. The number of nitrogen functional groups attached to an aromatic ring is 1. The number of hydrogen-bond donors (Lipinski definition) is 2. The molecular formula is C30H40FN5O6S. The molecule has 3 N–H and O–H groups in total.